The van der Waals surface area contributed by atoms with Crippen LogP contribution in [-0.2, 0) is 20.7 Å². The molecule has 0 saturated carbocycles. The summed E-state index contributed by atoms with van der Waals surface area (Å²) in [5, 5.41) is 3.20. The lowest BCUT2D eigenvalue weighted by Crippen LogP contribution is -2.49. The number of methoxy groups -OCH3 is 1. The normalized spacial score (nSPS) is 15.4. The summed E-state index contributed by atoms with van der Waals surface area (Å²) in [5.74, 6) is 0.813. The molecule has 2 rings (SSSR count). The van der Waals surface area contributed by atoms with Crippen molar-refractivity contribution in [2.75, 3.05) is 60.6 Å². The number of likely N-dealkylation sites (tertiary alicyclic amines) is 1. The Bertz CT molecular complexity index is 618. The molecule has 1 aliphatic rings. The number of hydrogen-bond donors (Lipinski definition) is 1. The zero-order chi connectivity index (χ0) is 20.9. The number of pyridine rings is 1. The van der Waals surface area contributed by atoms with Crippen LogP contribution < -0.4 is 5.32 Å². The lowest BCUT2D eigenvalue weighted by atomic mass is 10.1. The van der Waals surface area contributed by atoms with Gasteiger partial charge >= 0.3 is 0 Å². The SMILES string of the molecule is CN=C(NCC(=O)N(C)CCc1ccccn1)N1CCC(OCCCOC)CC1. The maximum atomic E-state index is 12.4. The van der Waals surface area contributed by atoms with Gasteiger partial charge in [0.1, 0.15) is 0 Å². The molecule has 0 spiro atoms. The Kier molecular flexibility index (Phi) is 10.4. The molecule has 0 unspecified atom stereocenters. The number of nitrogens with zero attached hydrogens (tertiary/aromatic N) is 4. The molecule has 8 nitrogen and oxygen atoms in total. The Balaban J connectivity index is 1.67. The minimum absolute atomic E-state index is 0.0402. The first-order valence-corrected chi connectivity index (χ1v) is 10.3. The van der Waals surface area contributed by atoms with Crippen molar-refractivity contribution in [3.05, 3.63) is 30.1 Å². The van der Waals surface area contributed by atoms with Crippen LogP contribution in [0.2, 0.25) is 0 Å². The highest BCUT2D eigenvalue weighted by atomic mass is 16.5. The van der Waals surface area contributed by atoms with Gasteiger partial charge in [-0.15, -0.1) is 0 Å². The summed E-state index contributed by atoms with van der Waals surface area (Å²) < 4.78 is 11.0. The molecule has 2 heterocycles. The molecule has 0 atom stereocenters. The number of aliphatic imine (C=N–C) groups is 1. The predicted molar refractivity (Wildman–Crippen MR) is 114 cm³/mol. The highest BCUT2D eigenvalue weighted by Crippen LogP contribution is 2.14. The third-order valence-corrected chi connectivity index (χ3v) is 5.05. The summed E-state index contributed by atoms with van der Waals surface area (Å²) in [6, 6.07) is 5.83. The number of nitrogens with one attached hydrogen (secondary N) is 1. The number of ether oxygens (including phenoxy) is 2. The van der Waals surface area contributed by atoms with Gasteiger partial charge in [0.15, 0.2) is 5.96 Å². The van der Waals surface area contributed by atoms with Crippen molar-refractivity contribution >= 4 is 11.9 Å². The fourth-order valence-electron chi connectivity index (χ4n) is 3.26. The first kappa shape index (κ1) is 23.1. The number of rotatable bonds is 10. The van der Waals surface area contributed by atoms with E-state index in [1.165, 1.54) is 0 Å². The second-order valence-corrected chi connectivity index (χ2v) is 7.19. The van der Waals surface area contributed by atoms with E-state index >= 15 is 0 Å². The van der Waals surface area contributed by atoms with Gasteiger partial charge in [-0.1, -0.05) is 6.07 Å². The van der Waals surface area contributed by atoms with E-state index in [1.807, 2.05) is 25.2 Å². The number of hydrogen-bond acceptors (Lipinski definition) is 5. The molecule has 1 aliphatic heterocycles. The number of piperidine rings is 1. The van der Waals surface area contributed by atoms with Gasteiger partial charge in [0.2, 0.25) is 5.91 Å². The summed E-state index contributed by atoms with van der Waals surface area (Å²) in [5.41, 5.74) is 0.989. The summed E-state index contributed by atoms with van der Waals surface area (Å²) >= 11 is 0. The second-order valence-electron chi connectivity index (χ2n) is 7.19. The molecule has 1 amide bonds. The van der Waals surface area contributed by atoms with Crippen molar-refractivity contribution in [3.63, 3.8) is 0 Å². The Labute approximate surface area is 174 Å². The van der Waals surface area contributed by atoms with E-state index in [4.69, 9.17) is 9.47 Å². The molecule has 1 N–H and O–H groups in total. The van der Waals surface area contributed by atoms with Crippen molar-refractivity contribution in [1.82, 2.24) is 20.1 Å². The minimum atomic E-state index is 0.0402. The molecular weight excluding hydrogens is 370 g/mol. The van der Waals surface area contributed by atoms with E-state index in [2.05, 4.69) is 20.2 Å². The third-order valence-electron chi connectivity index (χ3n) is 5.05. The molecular formula is C21H35N5O3. The highest BCUT2D eigenvalue weighted by Gasteiger charge is 2.22. The molecule has 1 saturated heterocycles. The maximum Gasteiger partial charge on any atom is 0.241 e. The van der Waals surface area contributed by atoms with E-state index in [9.17, 15) is 4.79 Å². The summed E-state index contributed by atoms with van der Waals surface area (Å²) in [6.45, 7) is 4.10. The predicted octanol–water partition coefficient (Wildman–Crippen LogP) is 1.18. The van der Waals surface area contributed by atoms with Crippen LogP contribution in [0.5, 0.6) is 0 Å². The average molecular weight is 406 g/mol. The van der Waals surface area contributed by atoms with Crippen LogP contribution in [0.15, 0.2) is 29.4 Å². The average Bonchev–Trinajstić information content (AvgIpc) is 2.77. The van der Waals surface area contributed by atoms with Crippen molar-refractivity contribution in [1.29, 1.82) is 0 Å². The smallest absolute Gasteiger partial charge is 0.241 e. The monoisotopic (exact) mass is 405 g/mol. The van der Waals surface area contributed by atoms with Gasteiger partial charge in [0.25, 0.3) is 0 Å². The molecule has 0 radical (unpaired) electrons. The number of amides is 1. The number of carbonyl (C=O) groups excluding carboxylic acids is 1. The Hall–Kier alpha value is -2.19. The zero-order valence-corrected chi connectivity index (χ0v) is 18.0. The van der Waals surface area contributed by atoms with Gasteiger partial charge in [0, 0.05) is 72.4 Å². The molecule has 8 heteroatoms. The zero-order valence-electron chi connectivity index (χ0n) is 18.0. The third kappa shape index (κ3) is 8.37. The lowest BCUT2D eigenvalue weighted by molar-refractivity contribution is -0.128. The maximum absolute atomic E-state index is 12.4. The number of aromatic nitrogens is 1. The molecule has 0 bridgehead atoms. The fourth-order valence-corrected chi connectivity index (χ4v) is 3.26. The van der Waals surface area contributed by atoms with E-state index < -0.39 is 0 Å². The van der Waals surface area contributed by atoms with Crippen LogP contribution in [0.3, 0.4) is 0 Å². The van der Waals surface area contributed by atoms with Gasteiger partial charge in [-0.3, -0.25) is 14.8 Å². The fraction of sp³-hybridized carbons (Fsp3) is 0.667. The van der Waals surface area contributed by atoms with Crippen LogP contribution in [0.4, 0.5) is 0 Å². The molecule has 1 aromatic rings. The molecule has 0 aromatic carbocycles. The molecule has 1 aromatic heterocycles. The van der Waals surface area contributed by atoms with Crippen LogP contribution in [-0.4, -0.2) is 93.4 Å². The van der Waals surface area contributed by atoms with Gasteiger partial charge in [-0.25, -0.2) is 0 Å². The lowest BCUT2D eigenvalue weighted by Gasteiger charge is -2.34. The Morgan fingerprint density at radius 1 is 1.34 bits per heavy atom. The number of carbonyl (C=O) groups is 1. The number of guanidine groups is 1. The topological polar surface area (TPSA) is 79.3 Å². The van der Waals surface area contributed by atoms with Crippen molar-refractivity contribution in [3.8, 4) is 0 Å². The molecule has 0 aliphatic carbocycles. The highest BCUT2D eigenvalue weighted by molar-refractivity contribution is 5.86. The van der Waals surface area contributed by atoms with E-state index in [1.54, 1.807) is 25.3 Å². The first-order chi connectivity index (χ1) is 14.1. The van der Waals surface area contributed by atoms with Crippen molar-refractivity contribution in [2.45, 2.75) is 31.8 Å². The van der Waals surface area contributed by atoms with Crippen molar-refractivity contribution in [2.24, 2.45) is 4.99 Å². The Morgan fingerprint density at radius 3 is 2.79 bits per heavy atom. The van der Waals surface area contributed by atoms with E-state index in [0.717, 1.165) is 63.6 Å². The van der Waals surface area contributed by atoms with Gasteiger partial charge in [-0.05, 0) is 31.4 Å². The quantitative estimate of drug-likeness (QED) is 0.358. The molecule has 162 valence electrons. The van der Waals surface area contributed by atoms with E-state index in [-0.39, 0.29) is 12.5 Å². The van der Waals surface area contributed by atoms with Crippen molar-refractivity contribution < 1.29 is 14.3 Å². The number of likely N-dealkylation sites (N-methyl/N-ethyl adjacent to an activating group) is 1. The van der Waals surface area contributed by atoms with Crippen LogP contribution >= 0.6 is 0 Å². The van der Waals surface area contributed by atoms with E-state index in [0.29, 0.717) is 12.6 Å². The second kappa shape index (κ2) is 13.1. The summed E-state index contributed by atoms with van der Waals surface area (Å²) in [7, 11) is 5.28. The molecule has 29 heavy (non-hydrogen) atoms. The van der Waals surface area contributed by atoms with Crippen LogP contribution in [0, 0.1) is 0 Å². The standard InChI is InChI=1S/C21H35N5O3/c1-22-21(26-13-9-19(10-14-26)29-16-6-15-28-3)24-17-20(27)25(2)12-8-18-7-4-5-11-23-18/h4-5,7,11,19H,6,8-10,12-17H2,1-3H3,(H,22,24). The first-order valence-electron chi connectivity index (χ1n) is 10.3. The van der Waals surface area contributed by atoms with Gasteiger partial charge < -0.3 is 24.6 Å². The molecule has 1 fully saturated rings. The van der Waals surface area contributed by atoms with Gasteiger partial charge in [-0.2, -0.15) is 0 Å². The summed E-state index contributed by atoms with van der Waals surface area (Å²) in [4.78, 5) is 25.0. The summed E-state index contributed by atoms with van der Waals surface area (Å²) in [6.07, 6.45) is 5.67. The Morgan fingerprint density at radius 2 is 2.14 bits per heavy atom. The van der Waals surface area contributed by atoms with Gasteiger partial charge in [0.05, 0.1) is 12.6 Å². The van der Waals surface area contributed by atoms with Crippen LogP contribution in [0.25, 0.3) is 0 Å². The minimum Gasteiger partial charge on any atom is -0.385 e. The van der Waals surface area contributed by atoms with Crippen LogP contribution in [0.1, 0.15) is 25.0 Å². The largest absolute Gasteiger partial charge is 0.385 e.